The standard InChI is InChI=1S/C47H51NO14/c1-25-31(60-43(56)36(52)35(28-16-10-7-11-17-28)48-41(54)29-18-12-8-13-19-29)23-47(57)40(61-42(55)30-20-14-9-15-21-30)38-45(6,32(51)22-33-46(38,24-58-33)62-27(3)50)39(53)37(59-26(2)49)34(25)44(47,4)5/h7-21,31-33,35-38,40,51-52,57H,22-24H2,1-6H3,(H,48,54)/t31-,32-,33+,35-,36+,37+,38-,40-,45+,46-,47+/m0/s1/i18T,19T,20T,21T,35T. The number of ether oxygens (including phenoxy) is 5. The van der Waals surface area contributed by atoms with Crippen LogP contribution in [0, 0.1) is 16.7 Å². The number of ketones is 1. The molecule has 11 atom stereocenters. The molecule has 1 amide bonds. The van der Waals surface area contributed by atoms with Crippen LogP contribution in [0.25, 0.3) is 0 Å². The van der Waals surface area contributed by atoms with Crippen LogP contribution in [0.5, 0.6) is 0 Å². The molecular weight excluding hydrogens is 803 g/mol. The first-order valence-electron chi connectivity index (χ1n) is 22.5. The number of aliphatic hydroxyl groups is 3. The maximum absolute atomic E-state index is 15.6. The first-order chi connectivity index (χ1) is 31.3. The van der Waals surface area contributed by atoms with Gasteiger partial charge in [0.05, 0.1) is 42.5 Å². The Bertz CT molecular complexity index is 2550. The third-order valence-corrected chi connectivity index (χ3v) is 13.0. The molecule has 1 aliphatic heterocycles. The zero-order valence-corrected chi connectivity index (χ0v) is 34.8. The fourth-order valence-corrected chi connectivity index (χ4v) is 9.81. The number of Topliss-reactive ketones (excluding diaryl/α,β-unsaturated/α-hetero) is 1. The van der Waals surface area contributed by atoms with Crippen LogP contribution in [0.2, 0.25) is 0 Å². The summed E-state index contributed by atoms with van der Waals surface area (Å²) in [5.41, 5.74) is -9.95. The number of amides is 1. The second kappa shape index (κ2) is 16.5. The van der Waals surface area contributed by atoms with E-state index in [-0.39, 0.29) is 35.2 Å². The zero-order chi connectivity index (χ0) is 49.3. The summed E-state index contributed by atoms with van der Waals surface area (Å²) in [6, 6.07) is 10.3. The molecule has 1 heterocycles. The lowest BCUT2D eigenvalue weighted by atomic mass is 9.44. The number of hydrogen-bond donors (Lipinski definition) is 4. The highest BCUT2D eigenvalue weighted by molar-refractivity contribution is 5.96. The summed E-state index contributed by atoms with van der Waals surface area (Å²) in [6.45, 7) is 7.24. The second-order valence-electron chi connectivity index (χ2n) is 16.8. The zero-order valence-electron chi connectivity index (χ0n) is 39.8. The van der Waals surface area contributed by atoms with Gasteiger partial charge in [-0.3, -0.25) is 19.2 Å². The molecule has 15 heteroatoms. The molecule has 0 aromatic heterocycles. The van der Waals surface area contributed by atoms with Gasteiger partial charge in [0.2, 0.25) is 0 Å². The maximum Gasteiger partial charge on any atom is 0.338 e. The van der Waals surface area contributed by atoms with Crippen LogP contribution in [0.1, 0.15) is 93.5 Å². The normalized spacial score (nSPS) is 33.5. The Hall–Kier alpha value is -5.74. The minimum absolute atomic E-state index is 0.00180. The molecule has 0 spiro atoms. The lowest BCUT2D eigenvalue weighted by Crippen LogP contribution is -2.82. The summed E-state index contributed by atoms with van der Waals surface area (Å²) in [6.07, 6.45) is -12.3. The Balaban J connectivity index is 1.42. The Morgan fingerprint density at radius 1 is 0.887 bits per heavy atom. The summed E-state index contributed by atoms with van der Waals surface area (Å²) in [7, 11) is 0. The third kappa shape index (κ3) is 7.29. The first-order valence-corrected chi connectivity index (χ1v) is 20.0. The molecule has 3 aliphatic carbocycles. The molecule has 3 aromatic rings. The molecule has 62 heavy (non-hydrogen) atoms. The minimum Gasteiger partial charge on any atom is -0.456 e. The molecule has 2 saturated carbocycles. The van der Waals surface area contributed by atoms with Crippen molar-refractivity contribution in [3.63, 3.8) is 0 Å². The van der Waals surface area contributed by atoms with Crippen molar-refractivity contribution in [2.75, 3.05) is 6.61 Å². The molecular formula is C47H51NO14. The average molecular weight is 864 g/mol. The van der Waals surface area contributed by atoms with Gasteiger partial charge in [0, 0.05) is 37.7 Å². The van der Waals surface area contributed by atoms with E-state index in [1.807, 2.05) is 0 Å². The molecule has 4 N–H and O–H groups in total. The number of fused-ring (bicyclic) bond motifs is 5. The summed E-state index contributed by atoms with van der Waals surface area (Å²) < 4.78 is 73.0. The van der Waals surface area contributed by atoms with E-state index in [0.29, 0.717) is 0 Å². The topological polar surface area (TPSA) is 221 Å². The fourth-order valence-electron chi connectivity index (χ4n) is 9.81. The van der Waals surface area contributed by atoms with E-state index in [4.69, 9.17) is 29.2 Å². The molecule has 0 unspecified atom stereocenters. The van der Waals surface area contributed by atoms with Gasteiger partial charge in [-0.15, -0.1) is 0 Å². The fraction of sp³-hybridized carbons (Fsp3) is 0.447. The van der Waals surface area contributed by atoms with E-state index >= 15 is 4.79 Å². The minimum atomic E-state index is -2.78. The van der Waals surface area contributed by atoms with Crippen LogP contribution in [-0.4, -0.2) is 105 Å². The largest absolute Gasteiger partial charge is 0.456 e. The van der Waals surface area contributed by atoms with Crippen molar-refractivity contribution in [1.82, 2.24) is 5.32 Å². The van der Waals surface area contributed by atoms with Crippen LogP contribution in [0.4, 0.5) is 0 Å². The van der Waals surface area contributed by atoms with Crippen molar-refractivity contribution in [1.29, 1.82) is 0 Å². The molecule has 1 saturated heterocycles. The highest BCUT2D eigenvalue weighted by Gasteiger charge is 2.78. The quantitative estimate of drug-likeness (QED) is 0.130. The van der Waals surface area contributed by atoms with Crippen molar-refractivity contribution in [3.05, 3.63) is 119 Å². The Labute approximate surface area is 365 Å². The van der Waals surface area contributed by atoms with Gasteiger partial charge in [0.1, 0.15) is 23.9 Å². The number of hydrogen-bond acceptors (Lipinski definition) is 14. The van der Waals surface area contributed by atoms with Gasteiger partial charge in [-0.05, 0) is 54.7 Å². The van der Waals surface area contributed by atoms with Gasteiger partial charge in [-0.25, -0.2) is 9.59 Å². The van der Waals surface area contributed by atoms with E-state index in [9.17, 15) is 40.7 Å². The van der Waals surface area contributed by atoms with Crippen molar-refractivity contribution in [2.45, 2.75) is 108 Å². The third-order valence-electron chi connectivity index (χ3n) is 13.0. The van der Waals surface area contributed by atoms with Crippen molar-refractivity contribution in [2.24, 2.45) is 16.7 Å². The molecule has 15 nitrogen and oxygen atoms in total. The van der Waals surface area contributed by atoms with E-state index in [2.05, 4.69) is 5.32 Å². The van der Waals surface area contributed by atoms with Crippen molar-refractivity contribution in [3.8, 4) is 0 Å². The molecule has 2 bridgehead atoms. The van der Waals surface area contributed by atoms with E-state index in [0.717, 1.165) is 13.8 Å². The van der Waals surface area contributed by atoms with Crippen molar-refractivity contribution < 1.29 is 74.6 Å². The smallest absolute Gasteiger partial charge is 0.338 e. The number of benzene rings is 3. The molecule has 3 fully saturated rings. The molecule has 7 rings (SSSR count). The molecule has 3 aromatic carbocycles. The number of carbonyl (C=O) groups is 6. The summed E-state index contributed by atoms with van der Waals surface area (Å²) in [5, 5.41) is 40.0. The van der Waals surface area contributed by atoms with Gasteiger partial charge in [0.15, 0.2) is 23.6 Å². The molecule has 0 radical (unpaired) electrons. The predicted octanol–water partition coefficient (Wildman–Crippen LogP) is 3.74. The second-order valence-corrected chi connectivity index (χ2v) is 16.8. The number of rotatable bonds is 10. The van der Waals surface area contributed by atoms with Gasteiger partial charge in [-0.2, -0.15) is 0 Å². The lowest BCUT2D eigenvalue weighted by molar-refractivity contribution is -0.346. The SMILES string of the molecule is [3H]c1cccc([3H])c1C(=O)N[C@@]([3H])(c1ccccc1)[C@@H](O)C(=O)O[C@H]1C[C@@]2(O)[C@@H](OC(=O)c3c([3H])cccc3[3H])[C@@H]3[C@]4(OC(C)=O)CO[C@@H]4C[C@H](O)[C@@]3(C)C(=O)[C@H](OC(C)=O)C(=C1C)C2(C)C. The van der Waals surface area contributed by atoms with Crippen molar-refractivity contribution >= 4 is 35.6 Å². The van der Waals surface area contributed by atoms with Crippen LogP contribution in [-0.2, 0) is 42.9 Å². The van der Waals surface area contributed by atoms with Gasteiger partial charge in [0.25, 0.3) is 5.91 Å². The summed E-state index contributed by atoms with van der Waals surface area (Å²) in [4.78, 5) is 84.4. The maximum atomic E-state index is 15.6. The summed E-state index contributed by atoms with van der Waals surface area (Å²) >= 11 is 0. The molecule has 4 aliphatic rings. The number of esters is 4. The number of nitrogens with one attached hydrogen (secondary N) is 1. The predicted molar refractivity (Wildman–Crippen MR) is 218 cm³/mol. The Morgan fingerprint density at radius 2 is 1.48 bits per heavy atom. The van der Waals surface area contributed by atoms with Crippen LogP contribution in [0.15, 0.2) is 102 Å². The van der Waals surface area contributed by atoms with Gasteiger partial charge < -0.3 is 44.3 Å². The van der Waals surface area contributed by atoms with Crippen LogP contribution >= 0.6 is 0 Å². The first kappa shape index (κ1) is 38.0. The van der Waals surface area contributed by atoms with E-state index in [1.165, 1.54) is 88.4 Å². The highest BCUT2D eigenvalue weighted by atomic mass is 16.6. The monoisotopic (exact) mass is 863 g/mol. The molecule has 328 valence electrons. The number of carbonyl (C=O) groups excluding carboxylic acids is 6. The van der Waals surface area contributed by atoms with E-state index in [1.54, 1.807) is 6.07 Å². The Kier molecular flexibility index (Phi) is 10.1. The Morgan fingerprint density at radius 3 is 2.05 bits per heavy atom. The van der Waals surface area contributed by atoms with E-state index < -0.39 is 142 Å². The van der Waals surface area contributed by atoms with Gasteiger partial charge in [-0.1, -0.05) is 80.6 Å². The highest BCUT2D eigenvalue weighted by Crippen LogP contribution is 2.64. The summed E-state index contributed by atoms with van der Waals surface area (Å²) in [5.74, 6) is -8.67. The number of aliphatic hydroxyl groups excluding tert-OH is 2. The van der Waals surface area contributed by atoms with Crippen LogP contribution < -0.4 is 5.32 Å². The van der Waals surface area contributed by atoms with Gasteiger partial charge >= 0.3 is 23.9 Å². The van der Waals surface area contributed by atoms with Crippen LogP contribution in [0.3, 0.4) is 0 Å². The lowest BCUT2D eigenvalue weighted by Gasteiger charge is -2.67. The average Bonchev–Trinajstić information content (AvgIpc) is 3.24.